The van der Waals surface area contributed by atoms with Crippen molar-refractivity contribution in [2.45, 2.75) is 31.8 Å². The smallest absolute Gasteiger partial charge is 0.115 e. The highest BCUT2D eigenvalue weighted by atomic mass is 16.5. The number of phenols is 1. The Labute approximate surface area is 103 Å². The second-order valence-electron chi connectivity index (χ2n) is 4.70. The third-order valence-electron chi connectivity index (χ3n) is 3.64. The van der Waals surface area contributed by atoms with Gasteiger partial charge < -0.3 is 9.84 Å². The van der Waals surface area contributed by atoms with Crippen LogP contribution < -0.4 is 0 Å². The predicted molar refractivity (Wildman–Crippen MR) is 68.1 cm³/mol. The summed E-state index contributed by atoms with van der Waals surface area (Å²) in [5, 5.41) is 9.33. The van der Waals surface area contributed by atoms with Gasteiger partial charge in [-0.15, -0.1) is 0 Å². The van der Waals surface area contributed by atoms with Gasteiger partial charge in [-0.05, 0) is 37.6 Å². The molecule has 1 aromatic carbocycles. The van der Waals surface area contributed by atoms with E-state index in [2.05, 4.69) is 18.9 Å². The van der Waals surface area contributed by atoms with Crippen molar-refractivity contribution < 1.29 is 9.84 Å². The maximum absolute atomic E-state index is 9.33. The molecule has 0 spiro atoms. The molecule has 3 nitrogen and oxygen atoms in total. The fraction of sp³-hybridized carbons (Fsp3) is 0.571. The minimum absolute atomic E-state index is 0.329. The zero-order valence-electron chi connectivity index (χ0n) is 10.6. The van der Waals surface area contributed by atoms with E-state index in [9.17, 15) is 5.11 Å². The number of hydrogen-bond donors (Lipinski definition) is 1. The molecule has 0 amide bonds. The molecule has 3 heteroatoms. The third-order valence-corrected chi connectivity index (χ3v) is 3.64. The van der Waals surface area contributed by atoms with E-state index in [0.29, 0.717) is 17.8 Å². The Morgan fingerprint density at radius 2 is 2.12 bits per heavy atom. The molecule has 0 bridgehead atoms. The number of aromatic hydroxyl groups is 1. The summed E-state index contributed by atoms with van der Waals surface area (Å²) in [4.78, 5) is 2.40. The Morgan fingerprint density at radius 1 is 1.41 bits per heavy atom. The Bertz CT molecular complexity index is 344. The minimum Gasteiger partial charge on any atom is -0.508 e. The topological polar surface area (TPSA) is 32.7 Å². The van der Waals surface area contributed by atoms with Crippen molar-refractivity contribution in [1.29, 1.82) is 0 Å². The van der Waals surface area contributed by atoms with E-state index in [1.807, 2.05) is 12.1 Å². The van der Waals surface area contributed by atoms with Gasteiger partial charge in [-0.1, -0.05) is 19.1 Å². The lowest BCUT2D eigenvalue weighted by Crippen LogP contribution is -2.35. The molecule has 2 rings (SSSR count). The van der Waals surface area contributed by atoms with Crippen LogP contribution in [-0.4, -0.2) is 36.3 Å². The van der Waals surface area contributed by atoms with Gasteiger partial charge in [0.1, 0.15) is 5.75 Å². The summed E-state index contributed by atoms with van der Waals surface area (Å²) in [6.45, 7) is 3.91. The lowest BCUT2D eigenvalue weighted by Gasteiger charge is -2.32. The van der Waals surface area contributed by atoms with Crippen molar-refractivity contribution in [3.63, 3.8) is 0 Å². The van der Waals surface area contributed by atoms with Gasteiger partial charge in [-0.25, -0.2) is 0 Å². The number of phenolic OH excluding ortho intramolecular Hbond substituents is 1. The highest BCUT2D eigenvalue weighted by molar-refractivity contribution is 5.28. The van der Waals surface area contributed by atoms with Crippen LogP contribution in [0.3, 0.4) is 0 Å². The van der Waals surface area contributed by atoms with E-state index in [0.717, 1.165) is 26.1 Å². The Kier molecular flexibility index (Phi) is 4.02. The van der Waals surface area contributed by atoms with Crippen LogP contribution in [0.15, 0.2) is 24.3 Å². The summed E-state index contributed by atoms with van der Waals surface area (Å²) in [6, 6.07) is 8.47. The molecule has 94 valence electrons. The molecular formula is C14H21NO2. The number of benzene rings is 1. The first kappa shape index (κ1) is 12.4. The van der Waals surface area contributed by atoms with Crippen LogP contribution in [0.5, 0.6) is 5.75 Å². The summed E-state index contributed by atoms with van der Waals surface area (Å²) in [5.41, 5.74) is 1.26. The highest BCUT2D eigenvalue weighted by Gasteiger charge is 2.26. The van der Waals surface area contributed by atoms with Gasteiger partial charge in [-0.3, -0.25) is 4.90 Å². The standard InChI is InChI=1S/C14H21NO2/c1-3-14(11-4-6-13(16)7-5-11)15(2)12-8-9-17-10-12/h4-7,12,14,16H,3,8-10H2,1-2H3. The zero-order chi connectivity index (χ0) is 12.3. The van der Waals surface area contributed by atoms with Gasteiger partial charge in [0.2, 0.25) is 0 Å². The maximum atomic E-state index is 9.33. The van der Waals surface area contributed by atoms with Crippen LogP contribution in [-0.2, 0) is 4.74 Å². The molecule has 1 aromatic rings. The van der Waals surface area contributed by atoms with Gasteiger partial charge in [-0.2, -0.15) is 0 Å². The van der Waals surface area contributed by atoms with Crippen molar-refractivity contribution in [2.75, 3.05) is 20.3 Å². The first-order valence-electron chi connectivity index (χ1n) is 6.31. The van der Waals surface area contributed by atoms with Gasteiger partial charge in [0.05, 0.1) is 6.61 Å². The summed E-state index contributed by atoms with van der Waals surface area (Å²) in [7, 11) is 2.17. The molecule has 0 aliphatic carbocycles. The fourth-order valence-electron chi connectivity index (χ4n) is 2.55. The molecule has 0 aromatic heterocycles. The Hall–Kier alpha value is -1.06. The number of nitrogens with zero attached hydrogens (tertiary/aromatic N) is 1. The average molecular weight is 235 g/mol. The highest BCUT2D eigenvalue weighted by Crippen LogP contribution is 2.28. The van der Waals surface area contributed by atoms with E-state index >= 15 is 0 Å². The van der Waals surface area contributed by atoms with E-state index in [-0.39, 0.29) is 0 Å². The summed E-state index contributed by atoms with van der Waals surface area (Å²) < 4.78 is 5.45. The monoisotopic (exact) mass is 235 g/mol. The summed E-state index contributed by atoms with van der Waals surface area (Å²) >= 11 is 0. The van der Waals surface area contributed by atoms with E-state index in [4.69, 9.17) is 4.74 Å². The lowest BCUT2D eigenvalue weighted by atomic mass is 10.0. The molecule has 1 fully saturated rings. The molecule has 0 saturated carbocycles. The minimum atomic E-state index is 0.329. The maximum Gasteiger partial charge on any atom is 0.115 e. The fourth-order valence-corrected chi connectivity index (χ4v) is 2.55. The number of likely N-dealkylation sites (N-methyl/N-ethyl adjacent to an activating group) is 1. The van der Waals surface area contributed by atoms with Crippen LogP contribution in [0.25, 0.3) is 0 Å². The van der Waals surface area contributed by atoms with Crippen molar-refractivity contribution in [3.05, 3.63) is 29.8 Å². The average Bonchev–Trinajstić information content (AvgIpc) is 2.86. The molecule has 1 saturated heterocycles. The second-order valence-corrected chi connectivity index (χ2v) is 4.70. The first-order chi connectivity index (χ1) is 8.22. The molecule has 1 aliphatic heterocycles. The summed E-state index contributed by atoms with van der Waals surface area (Å²) in [5.74, 6) is 0.329. The van der Waals surface area contributed by atoms with Crippen molar-refractivity contribution in [1.82, 2.24) is 4.90 Å². The molecular weight excluding hydrogens is 214 g/mol. The van der Waals surface area contributed by atoms with E-state index in [1.54, 1.807) is 12.1 Å². The summed E-state index contributed by atoms with van der Waals surface area (Å²) in [6.07, 6.45) is 2.18. The zero-order valence-corrected chi connectivity index (χ0v) is 10.6. The number of hydrogen-bond acceptors (Lipinski definition) is 3. The second kappa shape index (κ2) is 5.52. The predicted octanol–water partition coefficient (Wildman–Crippen LogP) is 2.56. The van der Waals surface area contributed by atoms with E-state index < -0.39 is 0 Å². The molecule has 1 heterocycles. The van der Waals surface area contributed by atoms with Crippen molar-refractivity contribution in [3.8, 4) is 5.75 Å². The van der Waals surface area contributed by atoms with Gasteiger partial charge in [0, 0.05) is 18.7 Å². The number of rotatable bonds is 4. The van der Waals surface area contributed by atoms with Crippen LogP contribution in [0.1, 0.15) is 31.4 Å². The molecule has 0 radical (unpaired) electrons. The van der Waals surface area contributed by atoms with Crippen molar-refractivity contribution in [2.24, 2.45) is 0 Å². The molecule has 2 unspecified atom stereocenters. The van der Waals surface area contributed by atoms with Gasteiger partial charge in [0.15, 0.2) is 0 Å². The van der Waals surface area contributed by atoms with Gasteiger partial charge in [0.25, 0.3) is 0 Å². The largest absolute Gasteiger partial charge is 0.508 e. The molecule has 17 heavy (non-hydrogen) atoms. The third kappa shape index (κ3) is 2.79. The van der Waals surface area contributed by atoms with E-state index in [1.165, 1.54) is 5.56 Å². The SMILES string of the molecule is CCC(c1ccc(O)cc1)N(C)C1CCOC1. The molecule has 1 N–H and O–H groups in total. The normalized spacial score (nSPS) is 21.9. The lowest BCUT2D eigenvalue weighted by molar-refractivity contribution is 0.130. The Balaban J connectivity index is 2.11. The first-order valence-corrected chi connectivity index (χ1v) is 6.31. The molecule has 2 atom stereocenters. The van der Waals surface area contributed by atoms with Crippen LogP contribution in [0.2, 0.25) is 0 Å². The van der Waals surface area contributed by atoms with Crippen molar-refractivity contribution >= 4 is 0 Å². The Morgan fingerprint density at radius 3 is 2.65 bits per heavy atom. The quantitative estimate of drug-likeness (QED) is 0.870. The number of ether oxygens (including phenoxy) is 1. The van der Waals surface area contributed by atoms with Crippen LogP contribution >= 0.6 is 0 Å². The van der Waals surface area contributed by atoms with Crippen LogP contribution in [0, 0.1) is 0 Å². The van der Waals surface area contributed by atoms with Crippen LogP contribution in [0.4, 0.5) is 0 Å². The van der Waals surface area contributed by atoms with Gasteiger partial charge >= 0.3 is 0 Å². The molecule has 1 aliphatic rings.